The number of hydrogen-bond donors (Lipinski definition) is 1. The van der Waals surface area contributed by atoms with Gasteiger partial charge in [0.05, 0.1) is 72.5 Å². The average molecular weight is 546 g/mol. The second-order valence-corrected chi connectivity index (χ2v) is 8.93. The monoisotopic (exact) mass is 545 g/mol. The van der Waals surface area contributed by atoms with Gasteiger partial charge in [-0.05, 0) is 22.3 Å². The van der Waals surface area contributed by atoms with Gasteiger partial charge in [-0.1, -0.05) is 48.5 Å². The summed E-state index contributed by atoms with van der Waals surface area (Å²) in [6, 6.07) is 16.5. The van der Waals surface area contributed by atoms with Gasteiger partial charge in [0.1, 0.15) is 6.61 Å². The molecule has 0 radical (unpaired) electrons. The first-order valence-corrected chi connectivity index (χ1v) is 13.2. The zero-order valence-corrected chi connectivity index (χ0v) is 22.5. The topological polar surface area (TPSA) is 113 Å². The van der Waals surface area contributed by atoms with E-state index in [0.717, 1.165) is 0 Å². The highest BCUT2D eigenvalue weighted by molar-refractivity contribution is 5.79. The molecule has 214 valence electrons. The molecular weight excluding hydrogens is 506 g/mol. The van der Waals surface area contributed by atoms with Crippen molar-refractivity contribution in [2.45, 2.75) is 12.3 Å². The van der Waals surface area contributed by atoms with Gasteiger partial charge in [0, 0.05) is 19.5 Å². The summed E-state index contributed by atoms with van der Waals surface area (Å²) < 4.78 is 32.5. The third kappa shape index (κ3) is 10.6. The first-order chi connectivity index (χ1) is 19.1. The zero-order valence-electron chi connectivity index (χ0n) is 22.5. The number of carbonyl (C=O) groups excluding carboxylic acids is 1. The van der Waals surface area contributed by atoms with Crippen molar-refractivity contribution in [3.63, 3.8) is 0 Å². The van der Waals surface area contributed by atoms with Crippen LogP contribution in [0.3, 0.4) is 0 Å². The van der Waals surface area contributed by atoms with Gasteiger partial charge in [-0.2, -0.15) is 0 Å². The van der Waals surface area contributed by atoms with Crippen LogP contribution in [0, 0.1) is 0 Å². The third-order valence-corrected chi connectivity index (χ3v) is 6.17. The number of amides is 1. The fourth-order valence-corrected chi connectivity index (χ4v) is 4.14. The summed E-state index contributed by atoms with van der Waals surface area (Å²) in [6.45, 7) is 4.66. The van der Waals surface area contributed by atoms with Crippen molar-refractivity contribution in [3.05, 3.63) is 59.7 Å². The highest BCUT2D eigenvalue weighted by Crippen LogP contribution is 2.44. The summed E-state index contributed by atoms with van der Waals surface area (Å²) in [5, 5.41) is 8.49. The van der Waals surface area contributed by atoms with E-state index >= 15 is 0 Å². The van der Waals surface area contributed by atoms with Gasteiger partial charge < -0.3 is 38.4 Å². The first kappa shape index (κ1) is 30.5. The van der Waals surface area contributed by atoms with Crippen LogP contribution in [0.15, 0.2) is 48.5 Å². The van der Waals surface area contributed by atoms with Crippen LogP contribution in [-0.4, -0.2) is 108 Å². The maximum atomic E-state index is 12.5. The number of carboxylic acid groups (broad SMARTS) is 1. The van der Waals surface area contributed by atoms with Crippen LogP contribution in [0.4, 0.5) is 4.79 Å². The van der Waals surface area contributed by atoms with Crippen molar-refractivity contribution in [1.29, 1.82) is 0 Å². The lowest BCUT2D eigenvalue weighted by atomic mass is 9.98. The van der Waals surface area contributed by atoms with Crippen LogP contribution < -0.4 is 0 Å². The van der Waals surface area contributed by atoms with Crippen LogP contribution in [0.5, 0.6) is 0 Å². The molecule has 2 aromatic carbocycles. The Morgan fingerprint density at radius 3 is 1.62 bits per heavy atom. The maximum Gasteiger partial charge on any atom is 0.409 e. The number of nitrogens with zero attached hydrogens (tertiary/aromatic N) is 1. The molecule has 1 N–H and O–H groups in total. The first-order valence-electron chi connectivity index (χ1n) is 13.2. The minimum absolute atomic E-state index is 0.00744. The van der Waals surface area contributed by atoms with E-state index in [0.29, 0.717) is 72.6 Å². The van der Waals surface area contributed by atoms with Crippen LogP contribution in [0.2, 0.25) is 0 Å². The molecule has 0 bridgehead atoms. The van der Waals surface area contributed by atoms with Gasteiger partial charge >= 0.3 is 12.1 Å². The smallest absolute Gasteiger partial charge is 0.409 e. The van der Waals surface area contributed by atoms with Gasteiger partial charge in [-0.15, -0.1) is 0 Å². The standard InChI is InChI=1S/C29H39NO9/c1-30(11-13-35-15-17-37-19-21-38-20-18-36-16-14-34-12-10-28(31)32)29(33)39-22-27-25-8-4-2-6-23(25)24-7-3-5-9-26(24)27/h2-9,27H,10-22H2,1H3,(H,31,32). The number of benzene rings is 2. The van der Waals surface area contributed by atoms with Crippen LogP contribution in [0.1, 0.15) is 23.5 Å². The molecule has 10 heteroatoms. The lowest BCUT2D eigenvalue weighted by molar-refractivity contribution is -0.138. The normalized spacial score (nSPS) is 12.2. The Bertz CT molecular complexity index is 970. The summed E-state index contributed by atoms with van der Waals surface area (Å²) in [7, 11) is 1.70. The predicted molar refractivity (Wildman–Crippen MR) is 144 cm³/mol. The van der Waals surface area contributed by atoms with E-state index in [1.165, 1.54) is 27.2 Å². The fourth-order valence-electron chi connectivity index (χ4n) is 4.14. The SMILES string of the molecule is CN(CCOCCOCCOCCOCCOCCC(=O)O)C(=O)OCC1c2ccccc2-c2ccccc21. The van der Waals surface area contributed by atoms with Crippen molar-refractivity contribution in [1.82, 2.24) is 4.90 Å². The minimum Gasteiger partial charge on any atom is -0.481 e. The molecule has 1 aliphatic carbocycles. The molecule has 2 aromatic rings. The van der Waals surface area contributed by atoms with Crippen molar-refractivity contribution < 1.29 is 43.1 Å². The average Bonchev–Trinajstić information content (AvgIpc) is 3.26. The molecule has 0 saturated carbocycles. The molecule has 39 heavy (non-hydrogen) atoms. The number of carboxylic acids is 1. The number of likely N-dealkylation sites (N-methyl/N-ethyl adjacent to an activating group) is 1. The highest BCUT2D eigenvalue weighted by atomic mass is 16.6. The number of fused-ring (bicyclic) bond motifs is 3. The van der Waals surface area contributed by atoms with Gasteiger partial charge in [-0.25, -0.2) is 4.79 Å². The van der Waals surface area contributed by atoms with Gasteiger partial charge in [0.15, 0.2) is 0 Å². The zero-order chi connectivity index (χ0) is 27.7. The molecule has 0 heterocycles. The predicted octanol–water partition coefficient (Wildman–Crippen LogP) is 3.43. The Kier molecular flexibility index (Phi) is 13.7. The van der Waals surface area contributed by atoms with E-state index in [-0.39, 0.29) is 25.0 Å². The molecule has 0 saturated heterocycles. The lowest BCUT2D eigenvalue weighted by Crippen LogP contribution is -2.32. The molecule has 1 amide bonds. The molecule has 0 unspecified atom stereocenters. The van der Waals surface area contributed by atoms with E-state index in [4.69, 9.17) is 33.5 Å². The largest absolute Gasteiger partial charge is 0.481 e. The van der Waals surface area contributed by atoms with Gasteiger partial charge in [-0.3, -0.25) is 4.79 Å². The molecule has 10 nitrogen and oxygen atoms in total. The van der Waals surface area contributed by atoms with E-state index in [1.54, 1.807) is 7.05 Å². The van der Waals surface area contributed by atoms with E-state index in [9.17, 15) is 9.59 Å². The number of hydrogen-bond acceptors (Lipinski definition) is 8. The summed E-state index contributed by atoms with van der Waals surface area (Å²) >= 11 is 0. The van der Waals surface area contributed by atoms with Gasteiger partial charge in [0.2, 0.25) is 0 Å². The number of rotatable bonds is 20. The lowest BCUT2D eigenvalue weighted by Gasteiger charge is -2.19. The number of carbonyl (C=O) groups is 2. The summed E-state index contributed by atoms with van der Waals surface area (Å²) in [5.74, 6) is -0.840. The number of ether oxygens (including phenoxy) is 6. The van der Waals surface area contributed by atoms with Crippen LogP contribution in [0.25, 0.3) is 11.1 Å². The molecule has 0 spiro atoms. The van der Waals surface area contributed by atoms with Crippen LogP contribution in [-0.2, 0) is 33.2 Å². The Balaban J connectivity index is 1.15. The van der Waals surface area contributed by atoms with E-state index in [1.807, 2.05) is 24.3 Å². The maximum absolute atomic E-state index is 12.5. The summed E-state index contributed by atoms with van der Waals surface area (Å²) in [5.41, 5.74) is 4.78. The minimum atomic E-state index is -0.878. The third-order valence-electron chi connectivity index (χ3n) is 6.17. The second kappa shape index (κ2) is 17.5. The Hall–Kier alpha value is -3.02. The molecule has 0 atom stereocenters. The van der Waals surface area contributed by atoms with Crippen molar-refractivity contribution in [2.75, 3.05) is 86.3 Å². The summed E-state index contributed by atoms with van der Waals surface area (Å²) in [4.78, 5) is 24.4. The molecule has 3 rings (SSSR count). The molecule has 1 aliphatic rings. The quantitative estimate of drug-likeness (QED) is 0.250. The van der Waals surface area contributed by atoms with Crippen LogP contribution >= 0.6 is 0 Å². The number of aliphatic carboxylic acids is 1. The Labute approximate surface area is 229 Å². The molecule has 0 aromatic heterocycles. The van der Waals surface area contributed by atoms with Crippen molar-refractivity contribution >= 4 is 12.1 Å². The Morgan fingerprint density at radius 2 is 1.13 bits per heavy atom. The molecular formula is C29H39NO9. The Morgan fingerprint density at radius 1 is 0.692 bits per heavy atom. The molecule has 0 fully saturated rings. The van der Waals surface area contributed by atoms with E-state index < -0.39 is 5.97 Å². The van der Waals surface area contributed by atoms with E-state index in [2.05, 4.69) is 24.3 Å². The van der Waals surface area contributed by atoms with Crippen molar-refractivity contribution in [2.24, 2.45) is 0 Å². The van der Waals surface area contributed by atoms with Crippen molar-refractivity contribution in [3.8, 4) is 11.1 Å². The summed E-state index contributed by atoms with van der Waals surface area (Å²) in [6.07, 6.45) is -0.379. The molecule has 0 aliphatic heterocycles. The van der Waals surface area contributed by atoms with Gasteiger partial charge in [0.25, 0.3) is 0 Å². The fraction of sp³-hybridized carbons (Fsp3) is 0.517. The highest BCUT2D eigenvalue weighted by Gasteiger charge is 2.29. The second-order valence-electron chi connectivity index (χ2n) is 8.93.